The molecule has 3 aromatic rings. The summed E-state index contributed by atoms with van der Waals surface area (Å²) in [7, 11) is 0. The standard InChI is InChI=1S/C19H18FN3O2/c1-12-3-6-14(7-4-12)19-22-18(25-23-19)10-9-17(24)21-16-11-15(20)8-5-13(16)2/h3-8,11H,9-10H2,1-2H3,(H,21,24). The molecule has 1 amide bonds. The smallest absolute Gasteiger partial charge is 0.227 e. The summed E-state index contributed by atoms with van der Waals surface area (Å²) in [6.45, 7) is 3.81. The van der Waals surface area contributed by atoms with E-state index in [9.17, 15) is 9.18 Å². The molecule has 128 valence electrons. The molecule has 5 nitrogen and oxygen atoms in total. The molecule has 0 aliphatic heterocycles. The molecule has 0 aliphatic rings. The van der Waals surface area contributed by atoms with E-state index in [1.165, 1.54) is 12.1 Å². The van der Waals surface area contributed by atoms with Crippen LogP contribution in [0.4, 0.5) is 10.1 Å². The van der Waals surface area contributed by atoms with Crippen molar-refractivity contribution in [1.82, 2.24) is 10.1 Å². The number of hydrogen-bond acceptors (Lipinski definition) is 4. The number of benzene rings is 2. The van der Waals surface area contributed by atoms with Crippen LogP contribution in [0, 0.1) is 19.7 Å². The monoisotopic (exact) mass is 339 g/mol. The fraction of sp³-hybridized carbons (Fsp3) is 0.211. The number of hydrogen-bond donors (Lipinski definition) is 1. The van der Waals surface area contributed by atoms with E-state index in [-0.39, 0.29) is 18.1 Å². The number of aryl methyl sites for hydroxylation is 3. The van der Waals surface area contributed by atoms with Crippen LogP contribution in [0.2, 0.25) is 0 Å². The SMILES string of the molecule is Cc1ccc(-c2noc(CCC(=O)Nc3cc(F)ccc3C)n2)cc1. The third-order valence-electron chi connectivity index (χ3n) is 3.82. The molecule has 1 heterocycles. The summed E-state index contributed by atoms with van der Waals surface area (Å²) in [6, 6.07) is 12.1. The normalized spacial score (nSPS) is 10.7. The van der Waals surface area contributed by atoms with Gasteiger partial charge in [0.05, 0.1) is 0 Å². The van der Waals surface area contributed by atoms with Gasteiger partial charge < -0.3 is 9.84 Å². The first kappa shape index (κ1) is 16.8. The zero-order chi connectivity index (χ0) is 17.8. The number of carbonyl (C=O) groups is 1. The first-order valence-corrected chi connectivity index (χ1v) is 7.97. The Morgan fingerprint density at radius 3 is 2.68 bits per heavy atom. The van der Waals surface area contributed by atoms with Gasteiger partial charge in [-0.1, -0.05) is 41.1 Å². The average Bonchev–Trinajstić information content (AvgIpc) is 3.06. The molecular weight excluding hydrogens is 321 g/mol. The number of amides is 1. The van der Waals surface area contributed by atoms with E-state index in [0.29, 0.717) is 23.8 Å². The van der Waals surface area contributed by atoms with Crippen molar-refractivity contribution in [2.24, 2.45) is 0 Å². The van der Waals surface area contributed by atoms with Crippen molar-refractivity contribution in [3.8, 4) is 11.4 Å². The highest BCUT2D eigenvalue weighted by atomic mass is 19.1. The average molecular weight is 339 g/mol. The van der Waals surface area contributed by atoms with Gasteiger partial charge in [0.15, 0.2) is 0 Å². The van der Waals surface area contributed by atoms with Crippen LogP contribution in [-0.2, 0) is 11.2 Å². The number of carbonyl (C=O) groups excluding carboxylic acids is 1. The lowest BCUT2D eigenvalue weighted by atomic mass is 10.1. The van der Waals surface area contributed by atoms with Crippen molar-refractivity contribution >= 4 is 11.6 Å². The second kappa shape index (κ2) is 7.25. The Bertz CT molecular complexity index is 888. The molecule has 0 radical (unpaired) electrons. The van der Waals surface area contributed by atoms with Crippen LogP contribution in [0.1, 0.15) is 23.4 Å². The van der Waals surface area contributed by atoms with Gasteiger partial charge in [0.25, 0.3) is 0 Å². The molecule has 2 aromatic carbocycles. The summed E-state index contributed by atoms with van der Waals surface area (Å²) >= 11 is 0. The Balaban J connectivity index is 1.59. The lowest BCUT2D eigenvalue weighted by Gasteiger charge is -2.07. The van der Waals surface area contributed by atoms with Crippen molar-refractivity contribution in [1.29, 1.82) is 0 Å². The van der Waals surface area contributed by atoms with Crippen LogP contribution < -0.4 is 5.32 Å². The summed E-state index contributed by atoms with van der Waals surface area (Å²) in [5.74, 6) is 0.266. The Kier molecular flexibility index (Phi) is 4.88. The maximum absolute atomic E-state index is 13.3. The van der Waals surface area contributed by atoms with E-state index < -0.39 is 0 Å². The highest BCUT2D eigenvalue weighted by Crippen LogP contribution is 2.18. The predicted molar refractivity (Wildman–Crippen MR) is 92.6 cm³/mol. The molecule has 0 bridgehead atoms. The van der Waals surface area contributed by atoms with Gasteiger partial charge in [-0.2, -0.15) is 4.98 Å². The van der Waals surface area contributed by atoms with Crippen molar-refractivity contribution in [2.75, 3.05) is 5.32 Å². The largest absolute Gasteiger partial charge is 0.339 e. The number of halogens is 1. The number of aromatic nitrogens is 2. The third-order valence-corrected chi connectivity index (χ3v) is 3.82. The molecule has 0 fully saturated rings. The van der Waals surface area contributed by atoms with Crippen molar-refractivity contribution in [2.45, 2.75) is 26.7 Å². The minimum Gasteiger partial charge on any atom is -0.339 e. The van der Waals surface area contributed by atoms with Gasteiger partial charge in [-0.15, -0.1) is 0 Å². The summed E-state index contributed by atoms with van der Waals surface area (Å²) in [5, 5.41) is 6.63. The summed E-state index contributed by atoms with van der Waals surface area (Å²) in [5.41, 5.74) is 3.28. The first-order valence-electron chi connectivity index (χ1n) is 7.97. The van der Waals surface area contributed by atoms with E-state index in [0.717, 1.165) is 16.7 Å². The van der Waals surface area contributed by atoms with Gasteiger partial charge >= 0.3 is 0 Å². The maximum Gasteiger partial charge on any atom is 0.227 e. The topological polar surface area (TPSA) is 68.0 Å². The fourth-order valence-electron chi connectivity index (χ4n) is 2.34. The lowest BCUT2D eigenvalue weighted by Crippen LogP contribution is -2.13. The first-order chi connectivity index (χ1) is 12.0. The zero-order valence-electron chi connectivity index (χ0n) is 14.0. The van der Waals surface area contributed by atoms with E-state index in [1.807, 2.05) is 31.2 Å². The van der Waals surface area contributed by atoms with Crippen LogP contribution >= 0.6 is 0 Å². The molecule has 3 rings (SSSR count). The van der Waals surface area contributed by atoms with Gasteiger partial charge in [0.2, 0.25) is 17.6 Å². The van der Waals surface area contributed by atoms with E-state index in [2.05, 4.69) is 15.5 Å². The van der Waals surface area contributed by atoms with Gasteiger partial charge in [0, 0.05) is 24.1 Å². The Hall–Kier alpha value is -3.02. The maximum atomic E-state index is 13.3. The highest BCUT2D eigenvalue weighted by Gasteiger charge is 2.11. The number of nitrogens with one attached hydrogen (secondary N) is 1. The van der Waals surface area contributed by atoms with Crippen molar-refractivity contribution in [3.05, 3.63) is 65.3 Å². The van der Waals surface area contributed by atoms with Gasteiger partial charge in [-0.25, -0.2) is 4.39 Å². The molecule has 0 spiro atoms. The second-order valence-electron chi connectivity index (χ2n) is 5.89. The molecule has 6 heteroatoms. The molecule has 0 aliphatic carbocycles. The summed E-state index contributed by atoms with van der Waals surface area (Å²) < 4.78 is 18.4. The van der Waals surface area contributed by atoms with Gasteiger partial charge in [-0.05, 0) is 31.5 Å². The third kappa shape index (κ3) is 4.29. The quantitative estimate of drug-likeness (QED) is 0.761. The Labute approximate surface area is 144 Å². The summed E-state index contributed by atoms with van der Waals surface area (Å²) in [6.07, 6.45) is 0.491. The van der Waals surface area contributed by atoms with Crippen LogP contribution in [-0.4, -0.2) is 16.0 Å². The molecule has 25 heavy (non-hydrogen) atoms. The fourth-order valence-corrected chi connectivity index (χ4v) is 2.34. The molecule has 1 aromatic heterocycles. The molecule has 0 saturated carbocycles. The highest BCUT2D eigenvalue weighted by molar-refractivity contribution is 5.91. The minimum absolute atomic E-state index is 0.172. The Morgan fingerprint density at radius 1 is 1.16 bits per heavy atom. The lowest BCUT2D eigenvalue weighted by molar-refractivity contribution is -0.116. The number of rotatable bonds is 5. The van der Waals surface area contributed by atoms with E-state index in [4.69, 9.17) is 4.52 Å². The molecule has 0 saturated heterocycles. The molecule has 0 atom stereocenters. The summed E-state index contributed by atoms with van der Waals surface area (Å²) in [4.78, 5) is 16.3. The van der Waals surface area contributed by atoms with Crippen LogP contribution in [0.5, 0.6) is 0 Å². The van der Waals surface area contributed by atoms with Gasteiger partial charge in [0.1, 0.15) is 5.82 Å². The molecule has 0 unspecified atom stereocenters. The predicted octanol–water partition coefficient (Wildman–Crippen LogP) is 4.06. The zero-order valence-corrected chi connectivity index (χ0v) is 14.0. The minimum atomic E-state index is -0.388. The van der Waals surface area contributed by atoms with E-state index in [1.54, 1.807) is 13.0 Å². The van der Waals surface area contributed by atoms with Gasteiger partial charge in [-0.3, -0.25) is 4.79 Å². The van der Waals surface area contributed by atoms with Crippen LogP contribution in [0.3, 0.4) is 0 Å². The second-order valence-corrected chi connectivity index (χ2v) is 5.89. The molecule has 1 N–H and O–H groups in total. The van der Waals surface area contributed by atoms with E-state index >= 15 is 0 Å². The van der Waals surface area contributed by atoms with Crippen molar-refractivity contribution in [3.63, 3.8) is 0 Å². The van der Waals surface area contributed by atoms with Crippen LogP contribution in [0.25, 0.3) is 11.4 Å². The number of nitrogens with zero attached hydrogens (tertiary/aromatic N) is 2. The molecular formula is C19H18FN3O2. The van der Waals surface area contributed by atoms with Crippen LogP contribution in [0.15, 0.2) is 47.0 Å². The Morgan fingerprint density at radius 2 is 1.92 bits per heavy atom. The number of anilines is 1. The van der Waals surface area contributed by atoms with Crippen molar-refractivity contribution < 1.29 is 13.7 Å².